The van der Waals surface area contributed by atoms with Crippen LogP contribution in [-0.2, 0) is 40.9 Å². The van der Waals surface area contributed by atoms with Gasteiger partial charge in [0.15, 0.2) is 0 Å². The van der Waals surface area contributed by atoms with Crippen molar-refractivity contribution in [3.05, 3.63) is 152 Å². The molecule has 3 N–H and O–H groups in total. The molecule has 6 rings (SSSR count). The lowest BCUT2D eigenvalue weighted by atomic mass is 9.91. The Morgan fingerprint density at radius 2 is 1.52 bits per heavy atom. The van der Waals surface area contributed by atoms with Crippen LogP contribution in [0.15, 0.2) is 121 Å². The maximum absolute atomic E-state index is 13.9. The number of amides is 2. The normalized spacial score (nSPS) is 19.2. The first-order valence-corrected chi connectivity index (χ1v) is 19.6. The molecule has 12 heteroatoms. The summed E-state index contributed by atoms with van der Waals surface area (Å²) in [6, 6.07) is 32.2. The smallest absolute Gasteiger partial charge is 0.338 e. The highest BCUT2D eigenvalue weighted by atomic mass is 127. The highest BCUT2D eigenvalue weighted by Gasteiger charge is 2.55. The molecule has 1 saturated heterocycles. The van der Waals surface area contributed by atoms with Gasteiger partial charge in [-0.15, -0.1) is 0 Å². The number of fused-ring (bicyclic) bond motifs is 1. The number of esters is 2. The van der Waals surface area contributed by atoms with Gasteiger partial charge in [0.25, 0.3) is 5.91 Å². The van der Waals surface area contributed by atoms with Gasteiger partial charge in [0, 0.05) is 45.2 Å². The molecule has 1 heterocycles. The molecule has 0 radical (unpaired) electrons. The maximum atomic E-state index is 13.9. The first kappa shape index (κ1) is 40.8. The minimum absolute atomic E-state index is 0.0364. The molecule has 2 amide bonds. The number of nitrogens with one attached hydrogen (secondary N) is 2. The predicted octanol–water partition coefficient (Wildman–Crippen LogP) is 6.36. The predicted molar refractivity (Wildman–Crippen MR) is 216 cm³/mol. The van der Waals surface area contributed by atoms with Gasteiger partial charge in [0.1, 0.15) is 23.9 Å². The number of carbonyl (C=O) groups excluding carboxylic acids is 4. The number of benzene rings is 4. The zero-order valence-corrected chi connectivity index (χ0v) is 33.6. The average Bonchev–Trinajstić information content (AvgIpc) is 3.60. The first-order chi connectivity index (χ1) is 26.8. The molecule has 4 unspecified atom stereocenters. The van der Waals surface area contributed by atoms with Gasteiger partial charge in [-0.25, -0.2) is 4.79 Å². The summed E-state index contributed by atoms with van der Waals surface area (Å²) >= 11 is 2.17. The monoisotopic (exact) mass is 872 g/mol. The van der Waals surface area contributed by atoms with Gasteiger partial charge in [-0.3, -0.25) is 14.4 Å². The van der Waals surface area contributed by atoms with Crippen molar-refractivity contribution in [3.8, 4) is 0 Å². The quantitative estimate of drug-likeness (QED) is 0.103. The van der Waals surface area contributed by atoms with E-state index in [9.17, 15) is 24.3 Å². The molecule has 0 spiro atoms. The summed E-state index contributed by atoms with van der Waals surface area (Å²) in [4.78, 5) is 52.6. The van der Waals surface area contributed by atoms with Gasteiger partial charge in [-0.2, -0.15) is 0 Å². The highest BCUT2D eigenvalue weighted by Crippen LogP contribution is 2.47. The maximum Gasteiger partial charge on any atom is 0.338 e. The lowest BCUT2D eigenvalue weighted by molar-refractivity contribution is -0.157. The number of aliphatic hydroxyl groups excluding tert-OH is 1. The Bertz CT molecular complexity index is 2010. The molecular weight excluding hydrogens is 827 g/mol. The SMILES string of the molecule is CC(C)(C)OC(=O)CCC(CO)NC(=O)c1cccc(CNC(=O)C2=CC3OC(c4ccccc4)(c4ccccc4)OC3C(OC(=O)c3ccc(I)cc3)C2)c1. The van der Waals surface area contributed by atoms with Crippen LogP contribution in [0.1, 0.15) is 77.4 Å². The Morgan fingerprint density at radius 3 is 2.14 bits per heavy atom. The van der Waals surface area contributed by atoms with Crippen LogP contribution in [-0.4, -0.2) is 65.4 Å². The molecule has 1 aliphatic carbocycles. The summed E-state index contributed by atoms with van der Waals surface area (Å²) in [6.07, 6.45) is -0.303. The fourth-order valence-corrected chi connectivity index (χ4v) is 7.02. The van der Waals surface area contributed by atoms with Crippen LogP contribution in [0.4, 0.5) is 0 Å². The molecule has 292 valence electrons. The van der Waals surface area contributed by atoms with Crippen LogP contribution in [0.5, 0.6) is 0 Å². The van der Waals surface area contributed by atoms with Crippen LogP contribution >= 0.6 is 22.6 Å². The van der Waals surface area contributed by atoms with Crippen molar-refractivity contribution >= 4 is 46.3 Å². The van der Waals surface area contributed by atoms with Crippen molar-refractivity contribution in [2.75, 3.05) is 6.61 Å². The van der Waals surface area contributed by atoms with E-state index in [1.807, 2.05) is 72.8 Å². The summed E-state index contributed by atoms with van der Waals surface area (Å²) in [6.45, 7) is 5.06. The summed E-state index contributed by atoms with van der Waals surface area (Å²) < 4.78 is 26.0. The molecule has 1 fully saturated rings. The van der Waals surface area contributed by atoms with Crippen LogP contribution in [0, 0.1) is 3.57 Å². The second-order valence-corrected chi connectivity index (χ2v) is 16.0. The molecule has 0 aromatic heterocycles. The number of aliphatic hydroxyl groups is 1. The number of halogens is 1. The molecule has 56 heavy (non-hydrogen) atoms. The van der Waals surface area contributed by atoms with Crippen LogP contribution in [0.2, 0.25) is 0 Å². The van der Waals surface area contributed by atoms with E-state index in [-0.39, 0.29) is 32.4 Å². The third-order valence-electron chi connectivity index (χ3n) is 9.33. The van der Waals surface area contributed by atoms with Gasteiger partial charge < -0.3 is 34.7 Å². The Labute approximate surface area is 339 Å². The van der Waals surface area contributed by atoms with E-state index in [1.54, 1.807) is 63.2 Å². The second-order valence-electron chi connectivity index (χ2n) is 14.7. The molecule has 4 aromatic rings. The number of hydrogen-bond acceptors (Lipinski definition) is 9. The zero-order valence-electron chi connectivity index (χ0n) is 31.4. The minimum atomic E-state index is -1.33. The number of carbonyl (C=O) groups is 4. The van der Waals surface area contributed by atoms with Gasteiger partial charge >= 0.3 is 11.9 Å². The van der Waals surface area contributed by atoms with Crippen molar-refractivity contribution in [3.63, 3.8) is 0 Å². The highest BCUT2D eigenvalue weighted by molar-refractivity contribution is 14.1. The standard InChI is InChI=1S/C44H45IN2O9/c1-43(2,3)55-38(49)22-21-35(27-48)47-41(51)30-12-10-11-28(23-30)26-46-40(50)31-24-36(53-42(52)29-17-19-34(45)20-18-29)39-37(25-31)54-44(56-39,32-13-6-4-7-14-32)33-15-8-5-9-16-33/h4-20,23,25,35-37,39,48H,21-22,24,26-27H2,1-3H3,(H,46,50)(H,47,51). The number of ether oxygens (including phenoxy) is 4. The Morgan fingerprint density at radius 1 is 0.857 bits per heavy atom. The zero-order chi connectivity index (χ0) is 39.9. The van der Waals surface area contributed by atoms with Gasteiger partial charge in [0.05, 0.1) is 18.2 Å². The molecule has 1 aliphatic heterocycles. The topological polar surface area (TPSA) is 149 Å². The number of rotatable bonds is 13. The summed E-state index contributed by atoms with van der Waals surface area (Å²) in [7, 11) is 0. The van der Waals surface area contributed by atoms with E-state index >= 15 is 0 Å². The van der Waals surface area contributed by atoms with Crippen LogP contribution in [0.25, 0.3) is 0 Å². The van der Waals surface area contributed by atoms with Gasteiger partial charge in [-0.1, -0.05) is 72.8 Å². The summed E-state index contributed by atoms with van der Waals surface area (Å²) in [5.41, 5.74) is 2.58. The summed E-state index contributed by atoms with van der Waals surface area (Å²) in [5, 5.41) is 15.6. The number of hydrogen-bond donors (Lipinski definition) is 3. The molecule has 4 aromatic carbocycles. The molecular formula is C44H45IN2O9. The van der Waals surface area contributed by atoms with E-state index in [4.69, 9.17) is 18.9 Å². The molecule has 11 nitrogen and oxygen atoms in total. The molecule has 2 aliphatic rings. The van der Waals surface area contributed by atoms with Crippen molar-refractivity contribution in [2.24, 2.45) is 0 Å². The fourth-order valence-electron chi connectivity index (χ4n) is 6.66. The molecule has 4 atom stereocenters. The van der Waals surface area contributed by atoms with Crippen molar-refractivity contribution in [1.82, 2.24) is 10.6 Å². The van der Waals surface area contributed by atoms with E-state index < -0.39 is 59.5 Å². The Kier molecular flexibility index (Phi) is 13.0. The van der Waals surface area contributed by atoms with Crippen LogP contribution in [0.3, 0.4) is 0 Å². The van der Waals surface area contributed by atoms with E-state index in [1.165, 1.54) is 0 Å². The first-order valence-electron chi connectivity index (χ1n) is 18.5. The van der Waals surface area contributed by atoms with E-state index in [2.05, 4.69) is 33.2 Å². The van der Waals surface area contributed by atoms with E-state index in [0.29, 0.717) is 22.3 Å². The third-order valence-corrected chi connectivity index (χ3v) is 10.1. The van der Waals surface area contributed by atoms with Gasteiger partial charge in [0.2, 0.25) is 11.7 Å². The Hall–Kier alpha value is -4.89. The minimum Gasteiger partial charge on any atom is -0.460 e. The Balaban J connectivity index is 1.18. The lowest BCUT2D eigenvalue weighted by Gasteiger charge is -2.31. The summed E-state index contributed by atoms with van der Waals surface area (Å²) in [5.74, 6) is -3.12. The largest absolute Gasteiger partial charge is 0.460 e. The van der Waals surface area contributed by atoms with E-state index in [0.717, 1.165) is 14.7 Å². The second kappa shape index (κ2) is 17.9. The third kappa shape index (κ3) is 10.1. The molecule has 0 bridgehead atoms. The van der Waals surface area contributed by atoms with Crippen molar-refractivity contribution in [2.45, 2.75) is 82.3 Å². The van der Waals surface area contributed by atoms with Gasteiger partial charge in [-0.05, 0) is 97.8 Å². The van der Waals surface area contributed by atoms with Crippen LogP contribution < -0.4 is 10.6 Å². The average molecular weight is 873 g/mol. The lowest BCUT2D eigenvalue weighted by Crippen LogP contribution is -2.43. The van der Waals surface area contributed by atoms with Crippen molar-refractivity contribution in [1.29, 1.82) is 0 Å². The molecule has 0 saturated carbocycles. The fraction of sp³-hybridized carbons (Fsp3) is 0.318. The van der Waals surface area contributed by atoms with Crippen molar-refractivity contribution < 1.29 is 43.2 Å².